The van der Waals surface area contributed by atoms with Crippen LogP contribution in [0.25, 0.3) is 16.9 Å². The molecule has 3 aromatic rings. The van der Waals surface area contributed by atoms with Crippen molar-refractivity contribution in [3.8, 4) is 16.9 Å². The first kappa shape index (κ1) is 14.8. The molecule has 5 heteroatoms. The molecule has 1 N–H and O–H groups in total. The summed E-state index contributed by atoms with van der Waals surface area (Å²) in [6, 6.07) is 14.9. The largest absolute Gasteiger partial charge is 0.478 e. The second-order valence-corrected chi connectivity index (χ2v) is 5.43. The molecule has 0 radical (unpaired) electrons. The summed E-state index contributed by atoms with van der Waals surface area (Å²) in [5.74, 6) is -0.953. The zero-order chi connectivity index (χ0) is 16.4. The van der Waals surface area contributed by atoms with Crippen LogP contribution in [0.2, 0.25) is 0 Å². The van der Waals surface area contributed by atoms with E-state index in [1.807, 2.05) is 49.5 Å². The summed E-state index contributed by atoms with van der Waals surface area (Å²) in [7, 11) is 3.97. The Balaban J connectivity index is 2.02. The standard InChI is InChI=1S/C18H17N3O2/c1-20(2)14-7-5-6-13(10-14)16-11-21(12-19-16)17-9-4-3-8-15(17)18(22)23/h3-12H,1-2H3,(H,22,23). The molecule has 23 heavy (non-hydrogen) atoms. The van der Waals surface area contributed by atoms with E-state index in [1.165, 1.54) is 0 Å². The number of carbonyl (C=O) groups is 1. The maximum Gasteiger partial charge on any atom is 0.337 e. The van der Waals surface area contributed by atoms with Gasteiger partial charge in [-0.25, -0.2) is 9.78 Å². The maximum absolute atomic E-state index is 11.4. The molecule has 3 rings (SSSR count). The van der Waals surface area contributed by atoms with E-state index in [0.29, 0.717) is 5.69 Å². The molecule has 0 aliphatic carbocycles. The van der Waals surface area contributed by atoms with Crippen LogP contribution in [0.4, 0.5) is 5.69 Å². The van der Waals surface area contributed by atoms with E-state index in [2.05, 4.69) is 11.1 Å². The molecule has 0 atom stereocenters. The highest BCUT2D eigenvalue weighted by atomic mass is 16.4. The third kappa shape index (κ3) is 2.94. The lowest BCUT2D eigenvalue weighted by Gasteiger charge is -2.12. The van der Waals surface area contributed by atoms with Crippen molar-refractivity contribution in [3.63, 3.8) is 0 Å². The van der Waals surface area contributed by atoms with Crippen LogP contribution in [0, 0.1) is 0 Å². The molecule has 0 spiro atoms. The van der Waals surface area contributed by atoms with Crippen LogP contribution < -0.4 is 4.90 Å². The molecule has 2 aromatic carbocycles. The van der Waals surface area contributed by atoms with Gasteiger partial charge in [0.2, 0.25) is 0 Å². The number of carboxylic acid groups (broad SMARTS) is 1. The average molecular weight is 307 g/mol. The van der Waals surface area contributed by atoms with Crippen molar-refractivity contribution in [2.75, 3.05) is 19.0 Å². The molecular weight excluding hydrogens is 290 g/mol. The SMILES string of the molecule is CN(C)c1cccc(-c2cn(-c3ccccc3C(=O)O)cn2)c1. The summed E-state index contributed by atoms with van der Waals surface area (Å²) in [5.41, 5.74) is 3.72. The number of hydrogen-bond donors (Lipinski definition) is 1. The Labute approximate surface area is 134 Å². The minimum Gasteiger partial charge on any atom is -0.478 e. The Morgan fingerprint density at radius 1 is 1.13 bits per heavy atom. The van der Waals surface area contributed by atoms with Crippen molar-refractivity contribution in [2.45, 2.75) is 0 Å². The summed E-state index contributed by atoms with van der Waals surface area (Å²) in [6.45, 7) is 0. The van der Waals surface area contributed by atoms with Crippen molar-refractivity contribution in [2.24, 2.45) is 0 Å². The van der Waals surface area contributed by atoms with Crippen LogP contribution in [-0.4, -0.2) is 34.7 Å². The topological polar surface area (TPSA) is 58.4 Å². The molecule has 0 saturated carbocycles. The van der Waals surface area contributed by atoms with Gasteiger partial charge in [0.1, 0.15) is 0 Å². The van der Waals surface area contributed by atoms with E-state index in [9.17, 15) is 9.90 Å². The second kappa shape index (κ2) is 5.96. The van der Waals surface area contributed by atoms with Crippen LogP contribution in [0.5, 0.6) is 0 Å². The molecule has 0 aliphatic heterocycles. The molecule has 0 unspecified atom stereocenters. The van der Waals surface area contributed by atoms with E-state index in [1.54, 1.807) is 29.1 Å². The number of aromatic carboxylic acids is 1. The fraction of sp³-hybridized carbons (Fsp3) is 0.111. The number of hydrogen-bond acceptors (Lipinski definition) is 3. The molecule has 0 amide bonds. The number of carboxylic acids is 1. The van der Waals surface area contributed by atoms with Crippen molar-refractivity contribution in [1.29, 1.82) is 0 Å². The fourth-order valence-corrected chi connectivity index (χ4v) is 2.43. The molecule has 1 aromatic heterocycles. The number of nitrogens with zero attached hydrogens (tertiary/aromatic N) is 3. The highest BCUT2D eigenvalue weighted by molar-refractivity contribution is 5.92. The van der Waals surface area contributed by atoms with Gasteiger partial charge in [0.25, 0.3) is 0 Å². The molecule has 1 heterocycles. The van der Waals surface area contributed by atoms with Gasteiger partial charge >= 0.3 is 5.97 Å². The summed E-state index contributed by atoms with van der Waals surface area (Å²) in [4.78, 5) is 17.8. The van der Waals surface area contributed by atoms with Crippen molar-refractivity contribution >= 4 is 11.7 Å². The van der Waals surface area contributed by atoms with Gasteiger partial charge < -0.3 is 14.6 Å². The predicted octanol–water partition coefficient (Wildman–Crippen LogP) is 3.30. The average Bonchev–Trinajstić information content (AvgIpc) is 3.05. The quantitative estimate of drug-likeness (QED) is 0.803. The molecular formula is C18H17N3O2. The Hall–Kier alpha value is -3.08. The van der Waals surface area contributed by atoms with Crippen LogP contribution in [0.3, 0.4) is 0 Å². The van der Waals surface area contributed by atoms with E-state index in [0.717, 1.165) is 16.9 Å². The lowest BCUT2D eigenvalue weighted by atomic mass is 10.1. The summed E-state index contributed by atoms with van der Waals surface area (Å²) in [6.07, 6.45) is 3.48. The number of aromatic nitrogens is 2. The van der Waals surface area contributed by atoms with Gasteiger partial charge in [-0.1, -0.05) is 24.3 Å². The molecule has 0 bridgehead atoms. The Bertz CT molecular complexity index is 853. The minimum absolute atomic E-state index is 0.249. The van der Waals surface area contributed by atoms with Crippen molar-refractivity contribution in [3.05, 3.63) is 66.6 Å². The lowest BCUT2D eigenvalue weighted by Crippen LogP contribution is -2.08. The molecule has 0 aliphatic rings. The zero-order valence-corrected chi connectivity index (χ0v) is 13.0. The Kier molecular flexibility index (Phi) is 3.85. The third-order valence-electron chi connectivity index (χ3n) is 3.65. The van der Waals surface area contributed by atoms with Crippen LogP contribution >= 0.6 is 0 Å². The lowest BCUT2D eigenvalue weighted by molar-refractivity contribution is 0.0697. The van der Waals surface area contributed by atoms with E-state index >= 15 is 0 Å². The minimum atomic E-state index is -0.953. The van der Waals surface area contributed by atoms with Crippen molar-refractivity contribution < 1.29 is 9.90 Å². The summed E-state index contributed by atoms with van der Waals surface area (Å²) >= 11 is 0. The zero-order valence-electron chi connectivity index (χ0n) is 13.0. The van der Waals surface area contributed by atoms with Gasteiger partial charge in [0.15, 0.2) is 0 Å². The first-order valence-corrected chi connectivity index (χ1v) is 7.20. The number of rotatable bonds is 4. The Morgan fingerprint density at radius 2 is 1.91 bits per heavy atom. The van der Waals surface area contributed by atoms with Crippen LogP contribution in [0.1, 0.15) is 10.4 Å². The number of para-hydroxylation sites is 1. The number of anilines is 1. The van der Waals surface area contributed by atoms with E-state index in [-0.39, 0.29) is 5.56 Å². The molecule has 0 fully saturated rings. The normalized spacial score (nSPS) is 10.5. The van der Waals surface area contributed by atoms with Crippen LogP contribution in [0.15, 0.2) is 61.1 Å². The highest BCUT2D eigenvalue weighted by Crippen LogP contribution is 2.24. The second-order valence-electron chi connectivity index (χ2n) is 5.43. The summed E-state index contributed by atoms with van der Waals surface area (Å²) < 4.78 is 1.74. The van der Waals surface area contributed by atoms with E-state index in [4.69, 9.17) is 0 Å². The predicted molar refractivity (Wildman–Crippen MR) is 90.3 cm³/mol. The number of benzene rings is 2. The van der Waals surface area contributed by atoms with Gasteiger partial charge in [0, 0.05) is 31.5 Å². The third-order valence-corrected chi connectivity index (χ3v) is 3.65. The van der Waals surface area contributed by atoms with Gasteiger partial charge in [-0.3, -0.25) is 0 Å². The summed E-state index contributed by atoms with van der Waals surface area (Å²) in [5, 5.41) is 9.31. The number of imidazole rings is 1. The van der Waals surface area contributed by atoms with Gasteiger partial charge in [-0.15, -0.1) is 0 Å². The fourth-order valence-electron chi connectivity index (χ4n) is 2.43. The molecule has 5 nitrogen and oxygen atoms in total. The Morgan fingerprint density at radius 3 is 2.65 bits per heavy atom. The van der Waals surface area contributed by atoms with Crippen molar-refractivity contribution in [1.82, 2.24) is 9.55 Å². The molecule has 0 saturated heterocycles. The first-order chi connectivity index (χ1) is 11.1. The van der Waals surface area contributed by atoms with Gasteiger partial charge in [-0.2, -0.15) is 0 Å². The van der Waals surface area contributed by atoms with E-state index < -0.39 is 5.97 Å². The first-order valence-electron chi connectivity index (χ1n) is 7.20. The highest BCUT2D eigenvalue weighted by Gasteiger charge is 2.12. The molecule has 116 valence electrons. The smallest absolute Gasteiger partial charge is 0.337 e. The van der Waals surface area contributed by atoms with Gasteiger partial charge in [-0.05, 0) is 24.3 Å². The monoisotopic (exact) mass is 307 g/mol. The van der Waals surface area contributed by atoms with Crippen LogP contribution in [-0.2, 0) is 0 Å². The van der Waals surface area contributed by atoms with Gasteiger partial charge in [0.05, 0.1) is 23.3 Å². The maximum atomic E-state index is 11.4.